The summed E-state index contributed by atoms with van der Waals surface area (Å²) in [5, 5.41) is 0. The van der Waals surface area contributed by atoms with Gasteiger partial charge in [-0.25, -0.2) is 0 Å². The van der Waals surface area contributed by atoms with Crippen LogP contribution in [0, 0.1) is 5.41 Å². The maximum Gasteiger partial charge on any atom is 0.266 e. The van der Waals surface area contributed by atoms with Crippen LogP contribution in [0.15, 0.2) is 24.3 Å². The van der Waals surface area contributed by atoms with Gasteiger partial charge in [0.05, 0.1) is 7.11 Å². The van der Waals surface area contributed by atoms with Crippen molar-refractivity contribution in [2.75, 3.05) is 40.3 Å². The monoisotopic (exact) mass is 346 g/mol. The van der Waals surface area contributed by atoms with Gasteiger partial charge in [-0.2, -0.15) is 0 Å². The van der Waals surface area contributed by atoms with Crippen molar-refractivity contribution in [2.24, 2.45) is 5.41 Å². The average molecular weight is 346 g/mol. The van der Waals surface area contributed by atoms with Gasteiger partial charge in [0.25, 0.3) is 5.91 Å². The number of hydrogen-bond donors (Lipinski definition) is 0. The number of carbonyl (C=O) groups is 1. The second-order valence-corrected chi connectivity index (χ2v) is 8.04. The largest absolute Gasteiger partial charge is 0.493 e. The number of carbonyl (C=O) groups excluding carboxylic acids is 1. The van der Waals surface area contributed by atoms with Crippen LogP contribution >= 0.6 is 0 Å². The van der Waals surface area contributed by atoms with Crippen LogP contribution in [0.4, 0.5) is 0 Å². The molecule has 1 spiro atoms. The Hall–Kier alpha value is -1.75. The summed E-state index contributed by atoms with van der Waals surface area (Å²) < 4.78 is 11.4. The lowest BCUT2D eigenvalue weighted by Crippen LogP contribution is -2.53. The second-order valence-electron chi connectivity index (χ2n) is 8.04. The van der Waals surface area contributed by atoms with Crippen molar-refractivity contribution >= 4 is 5.91 Å². The van der Waals surface area contributed by atoms with E-state index in [0.29, 0.717) is 16.9 Å². The van der Waals surface area contributed by atoms with Gasteiger partial charge in [0.2, 0.25) is 0 Å². The standard InChI is InChI=1S/C20H30N2O3/c1-19(2,25-17-8-6-5-7-16(17)24-4)18(23)22-13-10-20(11-14-22)9-12-21(3)15-20/h5-8H,9-15H2,1-4H3. The van der Waals surface area contributed by atoms with Crippen LogP contribution in [0.3, 0.4) is 0 Å². The molecule has 0 unspecified atom stereocenters. The molecule has 1 aromatic rings. The van der Waals surface area contributed by atoms with E-state index < -0.39 is 5.60 Å². The summed E-state index contributed by atoms with van der Waals surface area (Å²) in [5.74, 6) is 1.31. The molecule has 25 heavy (non-hydrogen) atoms. The second kappa shape index (κ2) is 6.87. The van der Waals surface area contributed by atoms with E-state index in [4.69, 9.17) is 9.47 Å². The summed E-state index contributed by atoms with van der Waals surface area (Å²) in [7, 11) is 3.80. The summed E-state index contributed by atoms with van der Waals surface area (Å²) in [5.41, 5.74) is -0.495. The number of para-hydroxylation sites is 2. The fraction of sp³-hybridized carbons (Fsp3) is 0.650. The van der Waals surface area contributed by atoms with E-state index in [2.05, 4.69) is 11.9 Å². The van der Waals surface area contributed by atoms with Gasteiger partial charge in [-0.1, -0.05) is 12.1 Å². The van der Waals surface area contributed by atoms with E-state index in [9.17, 15) is 4.79 Å². The molecule has 0 bridgehead atoms. The molecule has 2 aliphatic heterocycles. The molecule has 3 rings (SSSR count). The Balaban J connectivity index is 1.64. The molecule has 2 fully saturated rings. The molecule has 0 aliphatic carbocycles. The minimum absolute atomic E-state index is 0.0552. The molecule has 5 nitrogen and oxygen atoms in total. The maximum atomic E-state index is 13.0. The van der Waals surface area contributed by atoms with Crippen LogP contribution in [0.2, 0.25) is 0 Å². The van der Waals surface area contributed by atoms with E-state index in [1.54, 1.807) is 7.11 Å². The number of benzene rings is 1. The predicted molar refractivity (Wildman–Crippen MR) is 98.1 cm³/mol. The van der Waals surface area contributed by atoms with Gasteiger partial charge in [-0.05, 0) is 64.3 Å². The van der Waals surface area contributed by atoms with Crippen LogP contribution < -0.4 is 9.47 Å². The number of ether oxygens (including phenoxy) is 2. The number of methoxy groups -OCH3 is 1. The molecule has 1 aromatic carbocycles. The summed E-state index contributed by atoms with van der Waals surface area (Å²) >= 11 is 0. The SMILES string of the molecule is COc1ccccc1OC(C)(C)C(=O)N1CCC2(CCN(C)C2)CC1. The van der Waals surface area contributed by atoms with Crippen molar-refractivity contribution in [2.45, 2.75) is 38.7 Å². The first-order valence-corrected chi connectivity index (χ1v) is 9.15. The first-order chi connectivity index (χ1) is 11.9. The number of hydrogen-bond acceptors (Lipinski definition) is 4. The van der Waals surface area contributed by atoms with Gasteiger partial charge in [0, 0.05) is 19.6 Å². The Morgan fingerprint density at radius 1 is 1.08 bits per heavy atom. The number of rotatable bonds is 4. The van der Waals surface area contributed by atoms with Gasteiger partial charge < -0.3 is 19.3 Å². The third-order valence-corrected chi connectivity index (χ3v) is 5.69. The molecule has 5 heteroatoms. The molecule has 0 N–H and O–H groups in total. The van der Waals surface area contributed by atoms with Crippen LogP contribution in [0.25, 0.3) is 0 Å². The Bertz CT molecular complexity index is 621. The van der Waals surface area contributed by atoms with Crippen LogP contribution in [0.1, 0.15) is 33.1 Å². The lowest BCUT2D eigenvalue weighted by atomic mass is 9.77. The lowest BCUT2D eigenvalue weighted by molar-refractivity contribution is -0.147. The van der Waals surface area contributed by atoms with Gasteiger partial charge in [0.1, 0.15) is 0 Å². The first kappa shape index (κ1) is 18.1. The molecule has 0 aromatic heterocycles. The highest BCUT2D eigenvalue weighted by Crippen LogP contribution is 2.40. The molecule has 138 valence electrons. The van der Waals surface area contributed by atoms with E-state index in [1.165, 1.54) is 13.0 Å². The highest BCUT2D eigenvalue weighted by Gasteiger charge is 2.43. The van der Waals surface area contributed by atoms with Crippen molar-refractivity contribution in [3.8, 4) is 11.5 Å². The Labute approximate surface area is 150 Å². The third-order valence-electron chi connectivity index (χ3n) is 5.69. The zero-order valence-electron chi connectivity index (χ0n) is 15.9. The third kappa shape index (κ3) is 3.76. The first-order valence-electron chi connectivity index (χ1n) is 9.15. The molecular weight excluding hydrogens is 316 g/mol. The molecule has 1 amide bonds. The van der Waals surface area contributed by atoms with Gasteiger partial charge in [0.15, 0.2) is 17.1 Å². The van der Waals surface area contributed by atoms with Crippen molar-refractivity contribution in [3.63, 3.8) is 0 Å². The number of likely N-dealkylation sites (tertiary alicyclic amines) is 2. The van der Waals surface area contributed by atoms with E-state index >= 15 is 0 Å². The minimum atomic E-state index is -0.911. The lowest BCUT2D eigenvalue weighted by Gasteiger charge is -2.41. The van der Waals surface area contributed by atoms with E-state index in [-0.39, 0.29) is 5.91 Å². The summed E-state index contributed by atoms with van der Waals surface area (Å²) in [6, 6.07) is 7.47. The Morgan fingerprint density at radius 2 is 1.68 bits per heavy atom. The normalized spacial score (nSPS) is 20.7. The topological polar surface area (TPSA) is 42.0 Å². The highest BCUT2D eigenvalue weighted by molar-refractivity contribution is 5.85. The maximum absolute atomic E-state index is 13.0. The van der Waals surface area contributed by atoms with Crippen LogP contribution in [-0.2, 0) is 4.79 Å². The van der Waals surface area contributed by atoms with E-state index in [1.807, 2.05) is 43.0 Å². The molecule has 2 heterocycles. The molecule has 2 saturated heterocycles. The van der Waals surface area contributed by atoms with Crippen molar-refractivity contribution < 1.29 is 14.3 Å². The summed E-state index contributed by atoms with van der Waals surface area (Å²) in [4.78, 5) is 17.4. The van der Waals surface area contributed by atoms with Gasteiger partial charge in [-0.3, -0.25) is 4.79 Å². The molecule has 0 atom stereocenters. The zero-order chi connectivity index (χ0) is 18.1. The zero-order valence-corrected chi connectivity index (χ0v) is 15.9. The quantitative estimate of drug-likeness (QED) is 0.841. The predicted octanol–water partition coefficient (Wildman–Crippen LogP) is 2.80. The van der Waals surface area contributed by atoms with Gasteiger partial charge >= 0.3 is 0 Å². The van der Waals surface area contributed by atoms with Crippen molar-refractivity contribution in [1.29, 1.82) is 0 Å². The summed E-state index contributed by atoms with van der Waals surface area (Å²) in [6.45, 7) is 7.67. The number of piperidine rings is 1. The van der Waals surface area contributed by atoms with Crippen LogP contribution in [0.5, 0.6) is 11.5 Å². The Kier molecular flexibility index (Phi) is 4.96. The molecule has 0 saturated carbocycles. The van der Waals surface area contributed by atoms with Gasteiger partial charge in [-0.15, -0.1) is 0 Å². The fourth-order valence-electron chi connectivity index (χ4n) is 4.15. The molecule has 2 aliphatic rings. The Morgan fingerprint density at radius 3 is 2.24 bits per heavy atom. The summed E-state index contributed by atoms with van der Waals surface area (Å²) in [6.07, 6.45) is 3.44. The average Bonchev–Trinajstić information content (AvgIpc) is 2.95. The van der Waals surface area contributed by atoms with E-state index in [0.717, 1.165) is 32.5 Å². The number of nitrogens with zero attached hydrogens (tertiary/aromatic N) is 2. The fourth-order valence-corrected chi connectivity index (χ4v) is 4.15. The van der Waals surface area contributed by atoms with Crippen molar-refractivity contribution in [1.82, 2.24) is 9.80 Å². The number of amides is 1. The smallest absolute Gasteiger partial charge is 0.266 e. The molecule has 0 radical (unpaired) electrons. The van der Waals surface area contributed by atoms with Crippen molar-refractivity contribution in [3.05, 3.63) is 24.3 Å². The molecular formula is C20H30N2O3. The minimum Gasteiger partial charge on any atom is -0.493 e. The highest BCUT2D eigenvalue weighted by atomic mass is 16.5. The van der Waals surface area contributed by atoms with Crippen LogP contribution in [-0.4, -0.2) is 61.6 Å².